The van der Waals surface area contributed by atoms with Crippen molar-refractivity contribution in [1.29, 1.82) is 0 Å². The van der Waals surface area contributed by atoms with E-state index in [1.54, 1.807) is 0 Å². The molecule has 170 valence electrons. The van der Waals surface area contributed by atoms with Gasteiger partial charge in [-0.15, -0.1) is 0 Å². The molecule has 0 spiro atoms. The minimum absolute atomic E-state index is 0.269. The van der Waals surface area contributed by atoms with E-state index in [4.69, 9.17) is 4.74 Å². The smallest absolute Gasteiger partial charge is 0.222 e. The van der Waals surface area contributed by atoms with Crippen LogP contribution < -0.4 is 4.74 Å². The number of hydrogen-bond acceptors (Lipinski definition) is 3. The van der Waals surface area contributed by atoms with Crippen molar-refractivity contribution in [1.82, 2.24) is 9.80 Å². The predicted molar refractivity (Wildman–Crippen MR) is 131 cm³/mol. The molecular formula is C29H32N2O2. The second-order valence-electron chi connectivity index (χ2n) is 9.19. The summed E-state index contributed by atoms with van der Waals surface area (Å²) in [7, 11) is 0. The summed E-state index contributed by atoms with van der Waals surface area (Å²) in [6.45, 7) is 4.40. The van der Waals surface area contributed by atoms with Crippen molar-refractivity contribution >= 4 is 5.91 Å². The Hall–Kier alpha value is -3.11. The largest absolute Gasteiger partial charge is 0.489 e. The minimum Gasteiger partial charge on any atom is -0.489 e. The Kier molecular flexibility index (Phi) is 6.73. The van der Waals surface area contributed by atoms with Gasteiger partial charge in [0.05, 0.1) is 0 Å². The van der Waals surface area contributed by atoms with Gasteiger partial charge in [-0.05, 0) is 53.6 Å². The molecule has 5 rings (SSSR count). The molecule has 2 heterocycles. The molecular weight excluding hydrogens is 408 g/mol. The van der Waals surface area contributed by atoms with Crippen LogP contribution in [0.25, 0.3) is 0 Å². The van der Waals surface area contributed by atoms with E-state index in [-0.39, 0.29) is 5.91 Å². The van der Waals surface area contributed by atoms with Crippen molar-refractivity contribution in [3.05, 3.63) is 101 Å². The number of ether oxygens (including phenoxy) is 1. The highest BCUT2D eigenvalue weighted by atomic mass is 16.5. The van der Waals surface area contributed by atoms with E-state index in [2.05, 4.69) is 58.3 Å². The molecule has 33 heavy (non-hydrogen) atoms. The third-order valence-electron chi connectivity index (χ3n) is 6.97. The number of benzene rings is 3. The Labute approximate surface area is 196 Å². The van der Waals surface area contributed by atoms with E-state index < -0.39 is 0 Å². The second kappa shape index (κ2) is 10.2. The highest BCUT2D eigenvalue weighted by molar-refractivity contribution is 5.76. The summed E-state index contributed by atoms with van der Waals surface area (Å²) in [4.78, 5) is 17.6. The Bertz CT molecular complexity index is 1080. The van der Waals surface area contributed by atoms with E-state index in [0.29, 0.717) is 19.1 Å². The molecule has 4 nitrogen and oxygen atoms in total. The average molecular weight is 441 g/mol. The fourth-order valence-electron chi connectivity index (χ4n) is 5.04. The number of likely N-dealkylation sites (tertiary alicyclic amines) is 1. The van der Waals surface area contributed by atoms with Gasteiger partial charge in [-0.2, -0.15) is 0 Å². The topological polar surface area (TPSA) is 32.8 Å². The summed E-state index contributed by atoms with van der Waals surface area (Å²) in [5.41, 5.74) is 5.23. The molecule has 0 N–H and O–H groups in total. The zero-order chi connectivity index (χ0) is 22.5. The lowest BCUT2D eigenvalue weighted by Crippen LogP contribution is -2.41. The van der Waals surface area contributed by atoms with Crippen LogP contribution in [0.4, 0.5) is 0 Å². The van der Waals surface area contributed by atoms with E-state index in [1.165, 1.54) is 11.1 Å². The van der Waals surface area contributed by atoms with Gasteiger partial charge in [-0.1, -0.05) is 66.7 Å². The first-order valence-electron chi connectivity index (χ1n) is 12.1. The van der Waals surface area contributed by atoms with Gasteiger partial charge in [-0.3, -0.25) is 9.69 Å². The van der Waals surface area contributed by atoms with Crippen molar-refractivity contribution in [2.45, 2.75) is 44.9 Å². The van der Waals surface area contributed by atoms with Gasteiger partial charge in [0.2, 0.25) is 5.91 Å². The number of fused-ring (bicyclic) bond motifs is 1. The molecule has 0 saturated carbocycles. The highest BCUT2D eigenvalue weighted by Crippen LogP contribution is 2.25. The van der Waals surface area contributed by atoms with Gasteiger partial charge in [0.1, 0.15) is 12.4 Å². The number of hydrogen-bond donors (Lipinski definition) is 0. The van der Waals surface area contributed by atoms with Crippen molar-refractivity contribution in [2.24, 2.45) is 0 Å². The van der Waals surface area contributed by atoms with Crippen LogP contribution in [-0.2, 0) is 30.8 Å². The zero-order valence-corrected chi connectivity index (χ0v) is 19.2. The molecule has 1 amide bonds. The standard InChI is InChI=1S/C29H32N2O2/c32-29(14-13-23-9-6-12-28(19-23)33-22-24-7-2-1-3-8-24)31-18-16-27(21-31)30-17-15-25-10-4-5-11-26(25)20-30/h1-12,19,27H,13-18,20-22H2. The molecule has 2 aliphatic heterocycles. The summed E-state index contributed by atoms with van der Waals surface area (Å²) in [5, 5.41) is 0. The predicted octanol–water partition coefficient (Wildman–Crippen LogP) is 4.86. The molecule has 1 fully saturated rings. The van der Waals surface area contributed by atoms with Gasteiger partial charge in [0.25, 0.3) is 0 Å². The quantitative estimate of drug-likeness (QED) is 0.526. The summed E-state index contributed by atoms with van der Waals surface area (Å²) in [5.74, 6) is 1.13. The highest BCUT2D eigenvalue weighted by Gasteiger charge is 2.31. The maximum absolute atomic E-state index is 12.9. The number of amides is 1. The van der Waals surface area contributed by atoms with E-state index in [1.807, 2.05) is 30.3 Å². The van der Waals surface area contributed by atoms with Gasteiger partial charge < -0.3 is 9.64 Å². The van der Waals surface area contributed by atoms with E-state index in [9.17, 15) is 4.79 Å². The number of carbonyl (C=O) groups is 1. The van der Waals surface area contributed by atoms with Crippen molar-refractivity contribution in [3.8, 4) is 5.75 Å². The van der Waals surface area contributed by atoms with Gasteiger partial charge >= 0.3 is 0 Å². The van der Waals surface area contributed by atoms with E-state index >= 15 is 0 Å². The molecule has 1 unspecified atom stereocenters. The normalized spacial score (nSPS) is 18.2. The number of nitrogens with zero attached hydrogens (tertiary/aromatic N) is 2. The third-order valence-corrected chi connectivity index (χ3v) is 6.97. The molecule has 0 aromatic heterocycles. The molecule has 1 atom stereocenters. The van der Waals surface area contributed by atoms with Crippen molar-refractivity contribution < 1.29 is 9.53 Å². The van der Waals surface area contributed by atoms with Crippen LogP contribution >= 0.6 is 0 Å². The maximum Gasteiger partial charge on any atom is 0.222 e. The van der Waals surface area contributed by atoms with Crippen LogP contribution in [0, 0.1) is 0 Å². The maximum atomic E-state index is 12.9. The molecule has 2 aliphatic rings. The monoisotopic (exact) mass is 440 g/mol. The SMILES string of the molecule is O=C(CCc1cccc(OCc2ccccc2)c1)N1CCC(N2CCc3ccccc3C2)C1. The fourth-order valence-corrected chi connectivity index (χ4v) is 5.04. The summed E-state index contributed by atoms with van der Waals surface area (Å²) in [6, 6.07) is 27.6. The Morgan fingerprint density at radius 1 is 0.879 bits per heavy atom. The van der Waals surface area contributed by atoms with Crippen LogP contribution in [0.3, 0.4) is 0 Å². The number of aryl methyl sites for hydroxylation is 1. The minimum atomic E-state index is 0.269. The fraction of sp³-hybridized carbons (Fsp3) is 0.345. The van der Waals surface area contributed by atoms with Gasteiger partial charge in [-0.25, -0.2) is 0 Å². The molecule has 0 radical (unpaired) electrons. The first-order chi connectivity index (χ1) is 16.2. The summed E-state index contributed by atoms with van der Waals surface area (Å²) < 4.78 is 5.94. The average Bonchev–Trinajstić information content (AvgIpc) is 3.37. The van der Waals surface area contributed by atoms with Crippen molar-refractivity contribution in [3.63, 3.8) is 0 Å². The van der Waals surface area contributed by atoms with Crippen LogP contribution in [0.2, 0.25) is 0 Å². The molecule has 0 bridgehead atoms. The molecule has 1 saturated heterocycles. The first-order valence-corrected chi connectivity index (χ1v) is 12.1. The van der Waals surface area contributed by atoms with E-state index in [0.717, 1.165) is 62.3 Å². The number of carbonyl (C=O) groups excluding carboxylic acids is 1. The summed E-state index contributed by atoms with van der Waals surface area (Å²) >= 11 is 0. The zero-order valence-electron chi connectivity index (χ0n) is 19.2. The van der Waals surface area contributed by atoms with Gasteiger partial charge in [0, 0.05) is 38.6 Å². The van der Waals surface area contributed by atoms with Crippen LogP contribution in [0.1, 0.15) is 35.1 Å². The Morgan fingerprint density at radius 3 is 2.55 bits per heavy atom. The lowest BCUT2D eigenvalue weighted by Gasteiger charge is -2.33. The van der Waals surface area contributed by atoms with Gasteiger partial charge in [0.15, 0.2) is 0 Å². The Morgan fingerprint density at radius 2 is 1.67 bits per heavy atom. The number of rotatable bonds is 7. The molecule has 3 aromatic carbocycles. The van der Waals surface area contributed by atoms with Crippen LogP contribution in [-0.4, -0.2) is 41.4 Å². The van der Waals surface area contributed by atoms with Crippen LogP contribution in [0.15, 0.2) is 78.9 Å². The third kappa shape index (κ3) is 5.45. The summed E-state index contributed by atoms with van der Waals surface area (Å²) in [6.07, 6.45) is 3.50. The Balaban J connectivity index is 1.10. The second-order valence-corrected chi connectivity index (χ2v) is 9.19. The van der Waals surface area contributed by atoms with Crippen LogP contribution in [0.5, 0.6) is 5.75 Å². The lowest BCUT2D eigenvalue weighted by molar-refractivity contribution is -0.130. The van der Waals surface area contributed by atoms with Crippen molar-refractivity contribution in [2.75, 3.05) is 19.6 Å². The lowest BCUT2D eigenvalue weighted by atomic mass is 9.98. The molecule has 0 aliphatic carbocycles. The molecule has 4 heteroatoms. The first kappa shape index (κ1) is 21.7. The molecule has 3 aromatic rings.